The standard InChI is InChI=1S/C44H42ClN9O2S/c1-26-27(2)57-42-39(26)40(48-44(20-21-44)43-52-49-28(3)54(42)43)31-8-6-29(7-9-31)4-5-30-18-22-53(23-19-30)38-17-16-37(50-51-38)41(55)47-33-11-14-34(15-12-33)56-35-13-10-32(25-46)36(45)24-35/h6-10,13,16-17,24,30,33-34H,11-12,14-15,18-23H2,1-3H3,(H,47,55)/t33-,34-. The van der Waals surface area contributed by atoms with E-state index in [9.17, 15) is 4.79 Å². The van der Waals surface area contributed by atoms with Crippen LogP contribution in [0, 0.1) is 49.9 Å². The summed E-state index contributed by atoms with van der Waals surface area (Å²) in [7, 11) is 0. The average molecular weight is 796 g/mol. The second-order valence-electron chi connectivity index (χ2n) is 15.6. The fourth-order valence-corrected chi connectivity index (χ4v) is 9.56. The molecule has 1 N–H and O–H groups in total. The van der Waals surface area contributed by atoms with E-state index in [0.29, 0.717) is 27.9 Å². The molecular formula is C44H42ClN9O2S. The predicted molar refractivity (Wildman–Crippen MR) is 221 cm³/mol. The van der Waals surface area contributed by atoms with Crippen LogP contribution in [0.3, 0.4) is 0 Å². The molecule has 3 fully saturated rings. The number of carbonyl (C=O) groups is 1. The fraction of sp³-hybridized carbons (Fsp3) is 0.386. The van der Waals surface area contributed by atoms with Crippen LogP contribution in [0.4, 0.5) is 5.82 Å². The summed E-state index contributed by atoms with van der Waals surface area (Å²) in [5.74, 6) is 10.3. The predicted octanol–water partition coefficient (Wildman–Crippen LogP) is 7.80. The van der Waals surface area contributed by atoms with Gasteiger partial charge < -0.3 is 15.0 Å². The topological polar surface area (TPSA) is 134 Å². The van der Waals surface area contributed by atoms with Crippen molar-refractivity contribution in [2.75, 3.05) is 18.0 Å². The highest BCUT2D eigenvalue weighted by atomic mass is 35.5. The molecular weight excluding hydrogens is 754 g/mol. The van der Waals surface area contributed by atoms with Crippen LogP contribution in [-0.2, 0) is 5.54 Å². The zero-order chi connectivity index (χ0) is 39.3. The van der Waals surface area contributed by atoms with Gasteiger partial charge in [0.2, 0.25) is 0 Å². The largest absolute Gasteiger partial charge is 0.490 e. The van der Waals surface area contributed by atoms with Gasteiger partial charge in [0.1, 0.15) is 28.2 Å². The van der Waals surface area contributed by atoms with Crippen LogP contribution in [0.5, 0.6) is 5.75 Å². The number of halogens is 1. The van der Waals surface area contributed by atoms with E-state index < -0.39 is 0 Å². The highest BCUT2D eigenvalue weighted by Gasteiger charge is 2.51. The van der Waals surface area contributed by atoms with E-state index in [2.05, 4.69) is 91.2 Å². The van der Waals surface area contributed by atoms with Crippen LogP contribution in [0.2, 0.25) is 5.02 Å². The number of fused-ring (bicyclic) bond motifs is 4. The van der Waals surface area contributed by atoms with Crippen LogP contribution in [0.25, 0.3) is 5.00 Å². The van der Waals surface area contributed by atoms with Crippen molar-refractivity contribution in [3.05, 3.63) is 110 Å². The van der Waals surface area contributed by atoms with E-state index in [-0.39, 0.29) is 23.6 Å². The molecule has 288 valence electrons. The molecule has 11 nitrogen and oxygen atoms in total. The molecule has 5 heterocycles. The molecule has 1 saturated heterocycles. The van der Waals surface area contributed by atoms with E-state index >= 15 is 0 Å². The van der Waals surface area contributed by atoms with Crippen LogP contribution >= 0.6 is 22.9 Å². The number of anilines is 1. The maximum Gasteiger partial charge on any atom is 0.272 e. The number of amides is 1. The van der Waals surface area contributed by atoms with Crippen molar-refractivity contribution in [3.63, 3.8) is 0 Å². The lowest BCUT2D eigenvalue weighted by Gasteiger charge is -2.30. The van der Waals surface area contributed by atoms with Crippen molar-refractivity contribution in [2.45, 2.75) is 89.8 Å². The summed E-state index contributed by atoms with van der Waals surface area (Å²) >= 11 is 7.95. The average Bonchev–Trinajstić information content (AvgIpc) is 3.85. The first-order valence-corrected chi connectivity index (χ1v) is 20.9. The van der Waals surface area contributed by atoms with Crippen molar-refractivity contribution in [1.29, 1.82) is 5.26 Å². The summed E-state index contributed by atoms with van der Waals surface area (Å²) in [5.41, 5.74) is 6.03. The summed E-state index contributed by atoms with van der Waals surface area (Å²) < 4.78 is 8.33. The molecule has 2 aromatic carbocycles. The Hall–Kier alpha value is -5.56. The number of aromatic nitrogens is 5. The first-order chi connectivity index (χ1) is 27.7. The van der Waals surface area contributed by atoms with Gasteiger partial charge >= 0.3 is 0 Å². The monoisotopic (exact) mass is 795 g/mol. The van der Waals surface area contributed by atoms with E-state index in [1.54, 1.807) is 35.6 Å². The Morgan fingerprint density at radius 2 is 1.72 bits per heavy atom. The number of rotatable bonds is 6. The smallest absolute Gasteiger partial charge is 0.272 e. The summed E-state index contributed by atoms with van der Waals surface area (Å²) in [5, 5.41) is 31.5. The third-order valence-corrected chi connectivity index (χ3v) is 13.3. The molecule has 1 amide bonds. The quantitative estimate of drug-likeness (QED) is 0.172. The minimum atomic E-state index is -0.297. The van der Waals surface area contributed by atoms with Gasteiger partial charge in [-0.05, 0) is 114 Å². The Labute approximate surface area is 341 Å². The third kappa shape index (κ3) is 7.29. The van der Waals surface area contributed by atoms with Gasteiger partial charge in [0.25, 0.3) is 5.91 Å². The molecule has 5 aromatic rings. The van der Waals surface area contributed by atoms with Gasteiger partial charge in [0.05, 0.1) is 22.4 Å². The number of piperidine rings is 1. The lowest BCUT2D eigenvalue weighted by atomic mass is 9.93. The lowest BCUT2D eigenvalue weighted by molar-refractivity contribution is 0.0888. The summed E-state index contributed by atoms with van der Waals surface area (Å²) in [6, 6.07) is 19.4. The molecule has 4 aliphatic rings. The van der Waals surface area contributed by atoms with Crippen LogP contribution < -0.4 is 15.0 Å². The Morgan fingerprint density at radius 1 is 0.947 bits per heavy atom. The normalized spacial score (nSPS) is 19.6. The van der Waals surface area contributed by atoms with Crippen LogP contribution in [-0.4, -0.2) is 61.8 Å². The Balaban J connectivity index is 0.772. The van der Waals surface area contributed by atoms with Gasteiger partial charge in [0, 0.05) is 52.7 Å². The van der Waals surface area contributed by atoms with Gasteiger partial charge in [-0.25, -0.2) is 0 Å². The zero-order valence-electron chi connectivity index (χ0n) is 32.2. The highest BCUT2D eigenvalue weighted by Crippen LogP contribution is 2.53. The number of ether oxygens (including phenoxy) is 1. The Morgan fingerprint density at radius 3 is 2.40 bits per heavy atom. The van der Waals surface area contributed by atoms with E-state index in [0.717, 1.165) is 104 Å². The summed E-state index contributed by atoms with van der Waals surface area (Å²) in [4.78, 5) is 21.9. The second-order valence-corrected chi connectivity index (χ2v) is 17.2. The molecule has 2 saturated carbocycles. The fourth-order valence-electron chi connectivity index (χ4n) is 8.14. The third-order valence-electron chi connectivity index (χ3n) is 11.8. The molecule has 13 heteroatoms. The first kappa shape index (κ1) is 37.0. The first-order valence-electron chi connectivity index (χ1n) is 19.7. The van der Waals surface area contributed by atoms with E-state index in [1.165, 1.54) is 16.0 Å². The number of thiophene rings is 1. The minimum absolute atomic E-state index is 0.0328. The van der Waals surface area contributed by atoms with E-state index in [4.69, 9.17) is 26.6 Å². The van der Waals surface area contributed by atoms with Crippen LogP contribution in [0.15, 0.2) is 59.6 Å². The second kappa shape index (κ2) is 15.1. The molecule has 0 radical (unpaired) electrons. The number of carbonyl (C=O) groups excluding carboxylic acids is 1. The van der Waals surface area contributed by atoms with Gasteiger partial charge in [-0.3, -0.25) is 14.4 Å². The van der Waals surface area contributed by atoms with Crippen molar-refractivity contribution in [3.8, 4) is 28.7 Å². The maximum absolute atomic E-state index is 13.0. The molecule has 9 rings (SSSR count). The Bertz CT molecular complexity index is 2490. The van der Waals surface area contributed by atoms with E-state index in [1.807, 2.05) is 13.0 Å². The molecule has 1 spiro atoms. The highest BCUT2D eigenvalue weighted by molar-refractivity contribution is 7.15. The number of hydrogen-bond acceptors (Lipinski definition) is 10. The molecule has 2 aliphatic heterocycles. The number of aryl methyl sites for hydroxylation is 2. The van der Waals surface area contributed by atoms with Gasteiger partial charge in [-0.1, -0.05) is 35.6 Å². The van der Waals surface area contributed by atoms with Crippen molar-refractivity contribution >= 4 is 40.4 Å². The van der Waals surface area contributed by atoms with Gasteiger partial charge in [0.15, 0.2) is 17.3 Å². The Kier molecular flexibility index (Phi) is 9.80. The summed E-state index contributed by atoms with van der Waals surface area (Å²) in [6.45, 7) is 8.06. The van der Waals surface area contributed by atoms with Crippen molar-refractivity contribution in [1.82, 2.24) is 30.3 Å². The van der Waals surface area contributed by atoms with Gasteiger partial charge in [-0.15, -0.1) is 31.7 Å². The lowest BCUT2D eigenvalue weighted by Crippen LogP contribution is -2.40. The number of aliphatic imine (C=N–C) groups is 1. The van der Waals surface area contributed by atoms with Crippen LogP contribution in [0.1, 0.15) is 106 Å². The molecule has 57 heavy (non-hydrogen) atoms. The SMILES string of the molecule is Cc1sc2c(c1C)C(c1ccc(C#CC3CCN(c4ccc(C(=O)N[C@H]5CC[C@H](Oc6ccc(C#N)c(Cl)c6)CC5)nn4)CC3)cc1)=NC1(CC1)c1nnc(C)n1-2. The zero-order valence-corrected chi connectivity index (χ0v) is 33.8. The van der Waals surface area contributed by atoms with Gasteiger partial charge in [-0.2, -0.15) is 5.26 Å². The minimum Gasteiger partial charge on any atom is -0.490 e. The molecule has 3 aromatic heterocycles. The maximum atomic E-state index is 13.0. The number of nitriles is 1. The number of nitrogens with one attached hydrogen (secondary N) is 1. The van der Waals surface area contributed by atoms with Crippen molar-refractivity contribution in [2.24, 2.45) is 10.9 Å². The van der Waals surface area contributed by atoms with Crippen molar-refractivity contribution < 1.29 is 9.53 Å². The molecule has 0 atom stereocenters. The number of nitrogens with zero attached hydrogens (tertiary/aromatic N) is 8. The molecule has 0 unspecified atom stereocenters. The molecule has 2 aliphatic carbocycles. The number of hydrogen-bond donors (Lipinski definition) is 1. The summed E-state index contributed by atoms with van der Waals surface area (Å²) in [6.07, 6.45) is 7.07. The molecule has 0 bridgehead atoms. The number of benzene rings is 2.